The van der Waals surface area contributed by atoms with E-state index in [-0.39, 0.29) is 11.9 Å². The van der Waals surface area contributed by atoms with Crippen molar-refractivity contribution in [3.63, 3.8) is 0 Å². The lowest BCUT2D eigenvalue weighted by Gasteiger charge is -2.27. The highest BCUT2D eigenvalue weighted by atomic mass is 79.9. The van der Waals surface area contributed by atoms with E-state index in [0.29, 0.717) is 0 Å². The van der Waals surface area contributed by atoms with Crippen molar-refractivity contribution in [3.8, 4) is 0 Å². The number of halogens is 1. The van der Waals surface area contributed by atoms with E-state index in [9.17, 15) is 4.79 Å². The van der Waals surface area contributed by atoms with Gasteiger partial charge in [0.15, 0.2) is 0 Å². The molecule has 0 atom stereocenters. The first-order valence-electron chi connectivity index (χ1n) is 5.92. The van der Waals surface area contributed by atoms with E-state index in [1.807, 2.05) is 50.8 Å². The second-order valence-corrected chi connectivity index (χ2v) is 5.32. The van der Waals surface area contributed by atoms with E-state index in [0.717, 1.165) is 23.0 Å². The summed E-state index contributed by atoms with van der Waals surface area (Å²) in [5.74, 6) is 0.126. The third-order valence-corrected chi connectivity index (χ3v) is 3.40. The van der Waals surface area contributed by atoms with Gasteiger partial charge in [0.25, 0.3) is 5.91 Å². The van der Waals surface area contributed by atoms with Gasteiger partial charge in [0.2, 0.25) is 0 Å². The molecule has 0 unspecified atom stereocenters. The van der Waals surface area contributed by atoms with E-state index < -0.39 is 0 Å². The number of rotatable bonds is 4. The van der Waals surface area contributed by atoms with Crippen molar-refractivity contribution in [1.29, 1.82) is 0 Å². The Labute approximate surface area is 112 Å². The van der Waals surface area contributed by atoms with Gasteiger partial charge in [0.1, 0.15) is 0 Å². The number of hydrogen-bond acceptors (Lipinski definition) is 1. The quantitative estimate of drug-likeness (QED) is 0.778. The maximum absolute atomic E-state index is 12.5. The van der Waals surface area contributed by atoms with Crippen molar-refractivity contribution < 1.29 is 4.79 Å². The van der Waals surface area contributed by atoms with Crippen molar-refractivity contribution in [2.75, 3.05) is 11.9 Å². The predicted octanol–water partition coefficient (Wildman–Crippen LogP) is 3.55. The van der Waals surface area contributed by atoms with Gasteiger partial charge in [0, 0.05) is 23.5 Å². The topological polar surface area (TPSA) is 20.3 Å². The summed E-state index contributed by atoms with van der Waals surface area (Å²) in [5.41, 5.74) is 3.07. The lowest BCUT2D eigenvalue weighted by atomic mass is 10.0. The molecule has 0 saturated carbocycles. The molecule has 2 nitrogen and oxygen atoms in total. The van der Waals surface area contributed by atoms with Crippen LogP contribution in [-0.2, 0) is 0 Å². The zero-order valence-corrected chi connectivity index (χ0v) is 12.5. The molecule has 0 saturated heterocycles. The number of hydrogen-bond donors (Lipinski definition) is 0. The van der Waals surface area contributed by atoms with Gasteiger partial charge in [-0.15, -0.1) is 0 Å². The number of benzene rings is 1. The molecule has 0 aromatic heterocycles. The Hall–Kier alpha value is -0.830. The van der Waals surface area contributed by atoms with Crippen LogP contribution in [0.1, 0.15) is 35.3 Å². The average Bonchev–Trinajstić information content (AvgIpc) is 2.28. The maximum Gasteiger partial charge on any atom is 0.254 e. The molecule has 1 rings (SSSR count). The SMILES string of the molecule is Cc1cccc(C(=O)N(CCBr)C(C)C)c1C. The molecule has 17 heavy (non-hydrogen) atoms. The first kappa shape index (κ1) is 14.2. The minimum atomic E-state index is 0.126. The number of amides is 1. The molecule has 0 spiro atoms. The number of nitrogens with zero attached hydrogens (tertiary/aromatic N) is 1. The Balaban J connectivity index is 3.05. The van der Waals surface area contributed by atoms with Crippen molar-refractivity contribution in [2.24, 2.45) is 0 Å². The van der Waals surface area contributed by atoms with E-state index >= 15 is 0 Å². The average molecular weight is 298 g/mol. The van der Waals surface area contributed by atoms with Gasteiger partial charge in [-0.25, -0.2) is 0 Å². The van der Waals surface area contributed by atoms with Crippen LogP contribution < -0.4 is 0 Å². The van der Waals surface area contributed by atoms with E-state index in [1.165, 1.54) is 5.56 Å². The first-order valence-corrected chi connectivity index (χ1v) is 7.04. The molecule has 94 valence electrons. The van der Waals surface area contributed by atoms with Crippen LogP contribution in [0.5, 0.6) is 0 Å². The molecule has 1 amide bonds. The highest BCUT2D eigenvalue weighted by Gasteiger charge is 2.19. The standard InChI is InChI=1S/C14H20BrNO/c1-10(2)16(9-8-15)14(17)13-7-5-6-11(3)12(13)4/h5-7,10H,8-9H2,1-4H3. The summed E-state index contributed by atoms with van der Waals surface area (Å²) in [5, 5.41) is 0.807. The third kappa shape index (κ3) is 3.32. The predicted molar refractivity (Wildman–Crippen MR) is 75.9 cm³/mol. The monoisotopic (exact) mass is 297 g/mol. The molecular weight excluding hydrogens is 278 g/mol. The first-order chi connectivity index (χ1) is 7.99. The molecule has 0 aliphatic carbocycles. The molecule has 0 aliphatic heterocycles. The highest BCUT2D eigenvalue weighted by molar-refractivity contribution is 9.09. The van der Waals surface area contributed by atoms with Crippen LogP contribution in [0, 0.1) is 13.8 Å². The van der Waals surface area contributed by atoms with Gasteiger partial charge >= 0.3 is 0 Å². The maximum atomic E-state index is 12.5. The summed E-state index contributed by atoms with van der Waals surface area (Å²) >= 11 is 3.40. The molecule has 0 heterocycles. The molecule has 1 aromatic rings. The van der Waals surface area contributed by atoms with Crippen LogP contribution in [0.25, 0.3) is 0 Å². The summed E-state index contributed by atoms with van der Waals surface area (Å²) in [6.07, 6.45) is 0. The van der Waals surface area contributed by atoms with Crippen LogP contribution in [0.2, 0.25) is 0 Å². The Morgan fingerprint density at radius 3 is 2.53 bits per heavy atom. The van der Waals surface area contributed by atoms with Crippen LogP contribution >= 0.6 is 15.9 Å². The minimum absolute atomic E-state index is 0.126. The Morgan fingerprint density at radius 2 is 2.00 bits per heavy atom. The van der Waals surface area contributed by atoms with Crippen molar-refractivity contribution in [1.82, 2.24) is 4.90 Å². The Kier molecular flexibility index (Phi) is 5.19. The van der Waals surface area contributed by atoms with Crippen molar-refractivity contribution >= 4 is 21.8 Å². The van der Waals surface area contributed by atoms with Crippen LogP contribution in [0.4, 0.5) is 0 Å². The summed E-state index contributed by atoms with van der Waals surface area (Å²) in [4.78, 5) is 14.4. The zero-order chi connectivity index (χ0) is 13.0. The lowest BCUT2D eigenvalue weighted by molar-refractivity contribution is 0.0718. The number of alkyl halides is 1. The molecule has 0 radical (unpaired) electrons. The van der Waals surface area contributed by atoms with Crippen molar-refractivity contribution in [2.45, 2.75) is 33.7 Å². The minimum Gasteiger partial charge on any atom is -0.335 e. The normalized spacial score (nSPS) is 10.7. The second-order valence-electron chi connectivity index (χ2n) is 4.53. The fourth-order valence-electron chi connectivity index (χ4n) is 1.82. The van der Waals surface area contributed by atoms with E-state index in [1.54, 1.807) is 0 Å². The van der Waals surface area contributed by atoms with Gasteiger partial charge in [0.05, 0.1) is 0 Å². The molecule has 1 aromatic carbocycles. The Morgan fingerprint density at radius 1 is 1.35 bits per heavy atom. The van der Waals surface area contributed by atoms with Gasteiger partial charge in [-0.2, -0.15) is 0 Å². The zero-order valence-electron chi connectivity index (χ0n) is 11.0. The summed E-state index contributed by atoms with van der Waals surface area (Å²) < 4.78 is 0. The molecule has 0 bridgehead atoms. The molecule has 0 aliphatic rings. The summed E-state index contributed by atoms with van der Waals surface area (Å²) in [6, 6.07) is 6.12. The van der Waals surface area contributed by atoms with E-state index in [2.05, 4.69) is 15.9 Å². The van der Waals surface area contributed by atoms with E-state index in [4.69, 9.17) is 0 Å². The van der Waals surface area contributed by atoms with Gasteiger partial charge in [-0.3, -0.25) is 4.79 Å². The number of carbonyl (C=O) groups is 1. The van der Waals surface area contributed by atoms with Gasteiger partial charge in [-0.05, 0) is 44.9 Å². The molecule has 0 N–H and O–H groups in total. The molecule has 0 fully saturated rings. The van der Waals surface area contributed by atoms with Gasteiger partial charge in [-0.1, -0.05) is 28.1 Å². The summed E-state index contributed by atoms with van der Waals surface area (Å²) in [7, 11) is 0. The highest BCUT2D eigenvalue weighted by Crippen LogP contribution is 2.16. The molecule has 3 heteroatoms. The fourth-order valence-corrected chi connectivity index (χ4v) is 2.20. The fraction of sp³-hybridized carbons (Fsp3) is 0.500. The van der Waals surface area contributed by atoms with Crippen molar-refractivity contribution in [3.05, 3.63) is 34.9 Å². The second kappa shape index (κ2) is 6.20. The van der Waals surface area contributed by atoms with Crippen LogP contribution in [0.3, 0.4) is 0 Å². The molecular formula is C14H20BrNO. The summed E-state index contributed by atoms with van der Waals surface area (Å²) in [6.45, 7) is 8.88. The van der Waals surface area contributed by atoms with Crippen LogP contribution in [0.15, 0.2) is 18.2 Å². The van der Waals surface area contributed by atoms with Gasteiger partial charge < -0.3 is 4.90 Å². The smallest absolute Gasteiger partial charge is 0.254 e. The third-order valence-electron chi connectivity index (χ3n) is 3.04. The lowest BCUT2D eigenvalue weighted by Crippen LogP contribution is -2.38. The number of aryl methyl sites for hydroxylation is 1. The van der Waals surface area contributed by atoms with Crippen LogP contribution in [-0.4, -0.2) is 28.7 Å². The number of carbonyl (C=O) groups excluding carboxylic acids is 1. The Bertz CT molecular complexity index is 401. The largest absolute Gasteiger partial charge is 0.335 e.